The fraction of sp³-hybridized carbons (Fsp3) is 0.643. The quantitative estimate of drug-likeness (QED) is 0.736. The van der Waals surface area contributed by atoms with E-state index in [-0.39, 0.29) is 17.7 Å². The van der Waals surface area contributed by atoms with Gasteiger partial charge < -0.3 is 19.5 Å². The van der Waals surface area contributed by atoms with E-state index in [0.717, 1.165) is 56.4 Å². The number of aromatic nitrogens is 1. The van der Waals surface area contributed by atoms with Crippen molar-refractivity contribution in [3.63, 3.8) is 0 Å². The predicted molar refractivity (Wildman–Crippen MR) is 132 cm³/mol. The Morgan fingerprint density at radius 3 is 2.68 bits per heavy atom. The molecular formula is C28H37N3O3. The minimum atomic E-state index is -0.0730. The molecule has 0 spiro atoms. The van der Waals surface area contributed by atoms with E-state index in [1.54, 1.807) is 0 Å². The number of rotatable bonds is 5. The number of carbonyl (C=O) groups excluding carboxylic acids is 2. The summed E-state index contributed by atoms with van der Waals surface area (Å²) < 4.78 is 7.95. The Morgan fingerprint density at radius 1 is 1.06 bits per heavy atom. The maximum Gasteiger partial charge on any atom is 0.253 e. The molecule has 34 heavy (non-hydrogen) atoms. The van der Waals surface area contributed by atoms with Gasteiger partial charge in [-0.15, -0.1) is 0 Å². The number of hydrogen-bond donors (Lipinski definition) is 1. The minimum Gasteiger partial charge on any atom is -0.381 e. The molecule has 0 bridgehead atoms. The van der Waals surface area contributed by atoms with Gasteiger partial charge >= 0.3 is 0 Å². The second-order valence-electron chi connectivity index (χ2n) is 11.1. The first-order valence-electron chi connectivity index (χ1n) is 13.3. The van der Waals surface area contributed by atoms with E-state index >= 15 is 0 Å². The lowest BCUT2D eigenvalue weighted by Crippen LogP contribution is -2.35. The highest BCUT2D eigenvalue weighted by Gasteiger charge is 2.34. The Bertz CT molecular complexity index is 1100. The first kappa shape index (κ1) is 22.1. The molecular weight excluding hydrogens is 426 g/mol. The largest absolute Gasteiger partial charge is 0.381 e. The lowest BCUT2D eigenvalue weighted by atomic mass is 9.75. The molecule has 2 aromatic rings. The topological polar surface area (TPSA) is 63.6 Å². The molecule has 2 saturated heterocycles. The molecule has 182 valence electrons. The molecule has 1 saturated carbocycles. The monoisotopic (exact) mass is 463 g/mol. The summed E-state index contributed by atoms with van der Waals surface area (Å²) in [7, 11) is 2.17. The van der Waals surface area contributed by atoms with Crippen LogP contribution in [0.1, 0.15) is 60.1 Å². The third-order valence-corrected chi connectivity index (χ3v) is 8.94. The lowest BCUT2D eigenvalue weighted by Gasteiger charge is -2.33. The van der Waals surface area contributed by atoms with Crippen molar-refractivity contribution < 1.29 is 14.3 Å². The summed E-state index contributed by atoms with van der Waals surface area (Å²) in [5.74, 6) is 2.26. The third kappa shape index (κ3) is 4.15. The van der Waals surface area contributed by atoms with E-state index in [1.165, 1.54) is 54.3 Å². The first-order chi connectivity index (χ1) is 16.6. The number of ether oxygens (including phenoxy) is 1. The molecule has 3 heterocycles. The number of carbonyl (C=O) groups is 2. The predicted octanol–water partition coefficient (Wildman–Crippen LogP) is 3.70. The van der Waals surface area contributed by atoms with Crippen molar-refractivity contribution in [1.29, 1.82) is 0 Å². The van der Waals surface area contributed by atoms with Gasteiger partial charge in [0.1, 0.15) is 0 Å². The van der Waals surface area contributed by atoms with Gasteiger partial charge in [-0.2, -0.15) is 0 Å². The fourth-order valence-corrected chi connectivity index (χ4v) is 6.58. The third-order valence-electron chi connectivity index (χ3n) is 8.94. The molecule has 1 aromatic heterocycles. The van der Waals surface area contributed by atoms with Gasteiger partial charge in [-0.25, -0.2) is 0 Å². The van der Waals surface area contributed by atoms with Gasteiger partial charge in [0.25, 0.3) is 5.91 Å². The minimum absolute atomic E-state index is 0.0637. The van der Waals surface area contributed by atoms with E-state index in [0.29, 0.717) is 19.0 Å². The van der Waals surface area contributed by atoms with E-state index in [9.17, 15) is 9.59 Å². The van der Waals surface area contributed by atoms with Gasteiger partial charge in [0.2, 0.25) is 5.91 Å². The van der Waals surface area contributed by atoms with Crippen LogP contribution in [0, 0.1) is 23.7 Å². The second-order valence-corrected chi connectivity index (χ2v) is 11.1. The van der Waals surface area contributed by atoms with Crippen molar-refractivity contribution in [3.8, 4) is 0 Å². The van der Waals surface area contributed by atoms with Crippen LogP contribution >= 0.6 is 0 Å². The SMILES string of the molecule is Cn1c2c(c3cc(C(=O)N4CC[C@H](C(=O)NCC5CC5)C4)ccc31)CC(C1CCOCC1)CC2. The normalized spacial score (nSPS) is 25.5. The van der Waals surface area contributed by atoms with Gasteiger partial charge in [0.15, 0.2) is 0 Å². The lowest BCUT2D eigenvalue weighted by molar-refractivity contribution is -0.124. The highest BCUT2D eigenvalue weighted by Crippen LogP contribution is 2.39. The Morgan fingerprint density at radius 2 is 1.88 bits per heavy atom. The summed E-state index contributed by atoms with van der Waals surface area (Å²) in [6, 6.07) is 6.23. The second kappa shape index (κ2) is 9.03. The van der Waals surface area contributed by atoms with Gasteiger partial charge in [0, 0.05) is 62.1 Å². The van der Waals surface area contributed by atoms with Gasteiger partial charge in [0.05, 0.1) is 5.92 Å². The van der Waals surface area contributed by atoms with E-state index < -0.39 is 0 Å². The molecule has 3 fully saturated rings. The van der Waals surface area contributed by atoms with Crippen LogP contribution in [0.25, 0.3) is 10.9 Å². The van der Waals surface area contributed by atoms with Crippen LogP contribution in [-0.4, -0.2) is 54.1 Å². The summed E-state index contributed by atoms with van der Waals surface area (Å²) in [6.07, 6.45) is 9.08. The van der Waals surface area contributed by atoms with Crippen molar-refractivity contribution in [2.45, 2.75) is 51.4 Å². The maximum absolute atomic E-state index is 13.4. The van der Waals surface area contributed by atoms with Crippen LogP contribution in [0.4, 0.5) is 0 Å². The van der Waals surface area contributed by atoms with Crippen LogP contribution in [0.3, 0.4) is 0 Å². The number of likely N-dealkylation sites (tertiary alicyclic amines) is 1. The standard InChI is InChI=1S/C28H37N3O3/c1-30-25-6-4-20(19-9-12-34-13-10-19)14-23(25)24-15-21(5-7-26(24)30)28(33)31-11-8-22(17-31)27(32)29-16-18-2-3-18/h5,7,15,18-20,22H,2-4,6,8-14,16-17H2,1H3,(H,29,32)/t20?,22-/m0/s1. The average molecular weight is 464 g/mol. The Hall–Kier alpha value is -2.34. The molecule has 2 aliphatic heterocycles. The molecule has 1 unspecified atom stereocenters. The van der Waals surface area contributed by atoms with Gasteiger partial charge in [-0.1, -0.05) is 0 Å². The van der Waals surface area contributed by atoms with Crippen molar-refractivity contribution in [1.82, 2.24) is 14.8 Å². The molecule has 1 N–H and O–H groups in total. The Kier molecular flexibility index (Phi) is 5.88. The first-order valence-corrected chi connectivity index (χ1v) is 13.3. The van der Waals surface area contributed by atoms with Gasteiger partial charge in [-0.05, 0) is 92.9 Å². The smallest absolute Gasteiger partial charge is 0.253 e. The number of amides is 2. The van der Waals surface area contributed by atoms with Crippen LogP contribution in [0.15, 0.2) is 18.2 Å². The molecule has 2 aliphatic carbocycles. The zero-order valence-corrected chi connectivity index (χ0v) is 20.4. The summed E-state index contributed by atoms with van der Waals surface area (Å²) in [5.41, 5.74) is 4.88. The summed E-state index contributed by atoms with van der Waals surface area (Å²) in [5, 5.41) is 4.34. The molecule has 0 radical (unpaired) electrons. The van der Waals surface area contributed by atoms with Crippen LogP contribution in [-0.2, 0) is 29.4 Å². The average Bonchev–Trinajstić information content (AvgIpc) is 3.51. The van der Waals surface area contributed by atoms with E-state index in [1.807, 2.05) is 11.0 Å². The number of hydrogen-bond acceptors (Lipinski definition) is 3. The molecule has 2 amide bonds. The Labute approximate surface area is 202 Å². The van der Waals surface area contributed by atoms with Crippen LogP contribution in [0.5, 0.6) is 0 Å². The molecule has 6 heteroatoms. The summed E-state index contributed by atoms with van der Waals surface area (Å²) in [6.45, 7) is 3.80. The highest BCUT2D eigenvalue weighted by atomic mass is 16.5. The van der Waals surface area contributed by atoms with Crippen LogP contribution < -0.4 is 5.32 Å². The number of fused-ring (bicyclic) bond motifs is 3. The number of nitrogens with one attached hydrogen (secondary N) is 1. The number of benzene rings is 1. The fourth-order valence-electron chi connectivity index (χ4n) is 6.58. The maximum atomic E-state index is 13.4. The Balaban J connectivity index is 1.19. The van der Waals surface area contributed by atoms with Crippen molar-refractivity contribution >= 4 is 22.7 Å². The van der Waals surface area contributed by atoms with Crippen LogP contribution in [0.2, 0.25) is 0 Å². The summed E-state index contributed by atoms with van der Waals surface area (Å²) in [4.78, 5) is 27.8. The van der Waals surface area contributed by atoms with Crippen molar-refractivity contribution in [2.75, 3.05) is 32.8 Å². The molecule has 6 nitrogen and oxygen atoms in total. The molecule has 2 atom stereocenters. The van der Waals surface area contributed by atoms with Crippen molar-refractivity contribution in [3.05, 3.63) is 35.0 Å². The molecule has 4 aliphatic rings. The van der Waals surface area contributed by atoms with E-state index in [2.05, 4.69) is 29.1 Å². The zero-order chi connectivity index (χ0) is 23.2. The van der Waals surface area contributed by atoms with Crippen molar-refractivity contribution in [2.24, 2.45) is 30.7 Å². The molecule has 6 rings (SSSR count). The number of nitrogens with zero attached hydrogens (tertiary/aromatic N) is 2. The zero-order valence-electron chi connectivity index (χ0n) is 20.4. The highest BCUT2D eigenvalue weighted by molar-refractivity contribution is 6.00. The van der Waals surface area contributed by atoms with E-state index in [4.69, 9.17) is 4.74 Å². The molecule has 1 aromatic carbocycles. The number of aryl methyl sites for hydroxylation is 1. The summed E-state index contributed by atoms with van der Waals surface area (Å²) >= 11 is 0. The van der Waals surface area contributed by atoms with Gasteiger partial charge in [-0.3, -0.25) is 9.59 Å².